The average Bonchev–Trinajstić information content (AvgIpc) is 2.10. The van der Waals surface area contributed by atoms with Crippen molar-refractivity contribution in [3.8, 4) is 0 Å². The van der Waals surface area contributed by atoms with Crippen LogP contribution in [0.4, 0.5) is 0 Å². The first kappa shape index (κ1) is 8.27. The third-order valence-corrected chi connectivity index (χ3v) is 7.07. The minimum atomic E-state index is -3.30. The second-order valence-electron chi connectivity index (χ2n) is 4.74. The standard InChI is InChI=1S/C10H24O3Si/c1-10(2,3)14(4,5)13-8-6-7-9(11)12/h9,11-12H,6-8H2,1-5H3/i6D,7D2,9D. The average molecular weight is 224 g/mol. The minimum absolute atomic E-state index is 0.0735. The Labute approximate surface area is 93.8 Å². The summed E-state index contributed by atoms with van der Waals surface area (Å²) in [6.45, 7) is 9.70. The summed E-state index contributed by atoms with van der Waals surface area (Å²) in [5, 5.41) is 17.9. The van der Waals surface area contributed by atoms with Gasteiger partial charge in [-0.3, -0.25) is 0 Å². The second-order valence-corrected chi connectivity index (χ2v) is 9.55. The Morgan fingerprint density at radius 1 is 1.43 bits per heavy atom. The lowest BCUT2D eigenvalue weighted by molar-refractivity contribution is -0.0482. The van der Waals surface area contributed by atoms with E-state index < -0.39 is 27.4 Å². The Bertz CT molecular complexity index is 284. The molecular weight excluding hydrogens is 196 g/mol. The lowest BCUT2D eigenvalue weighted by Gasteiger charge is -2.36. The molecule has 0 rings (SSSR count). The fourth-order valence-corrected chi connectivity index (χ4v) is 1.53. The highest BCUT2D eigenvalue weighted by Gasteiger charge is 2.36. The molecule has 0 aromatic heterocycles. The third-order valence-electron chi connectivity index (χ3n) is 2.56. The smallest absolute Gasteiger partial charge is 0.191 e. The van der Waals surface area contributed by atoms with Crippen LogP contribution < -0.4 is 0 Å². The van der Waals surface area contributed by atoms with Crippen molar-refractivity contribution in [2.75, 3.05) is 6.61 Å². The molecule has 0 bridgehead atoms. The molecule has 0 saturated carbocycles. The van der Waals surface area contributed by atoms with Crippen LogP contribution in [0.3, 0.4) is 0 Å². The molecule has 0 fully saturated rings. The zero-order valence-electron chi connectivity index (χ0n) is 13.6. The van der Waals surface area contributed by atoms with Crippen LogP contribution in [0.5, 0.6) is 0 Å². The number of aliphatic hydroxyl groups is 2. The van der Waals surface area contributed by atoms with Gasteiger partial charge in [0, 0.05) is 17.1 Å². The maximum atomic E-state index is 8.99. The lowest BCUT2D eigenvalue weighted by Crippen LogP contribution is -2.41. The van der Waals surface area contributed by atoms with E-state index in [0.29, 0.717) is 0 Å². The van der Waals surface area contributed by atoms with Gasteiger partial charge in [-0.25, -0.2) is 0 Å². The molecule has 4 heteroatoms. The van der Waals surface area contributed by atoms with Crippen molar-refractivity contribution in [3.63, 3.8) is 0 Å². The van der Waals surface area contributed by atoms with Crippen LogP contribution >= 0.6 is 0 Å². The Balaban J connectivity index is 4.67. The fraction of sp³-hybridized carbons (Fsp3) is 1.00. The van der Waals surface area contributed by atoms with Crippen molar-refractivity contribution in [3.05, 3.63) is 0 Å². The van der Waals surface area contributed by atoms with Crippen LogP contribution in [0.1, 0.15) is 39.0 Å². The summed E-state index contributed by atoms with van der Waals surface area (Å²) in [5.41, 5.74) is 0. The summed E-state index contributed by atoms with van der Waals surface area (Å²) in [4.78, 5) is 0. The maximum absolute atomic E-state index is 8.99. The first-order valence-corrected chi connectivity index (χ1v) is 7.55. The van der Waals surface area contributed by atoms with Crippen molar-refractivity contribution in [1.29, 1.82) is 0 Å². The van der Waals surface area contributed by atoms with Gasteiger partial charge in [0.1, 0.15) is 0 Å². The summed E-state index contributed by atoms with van der Waals surface area (Å²) in [7, 11) is -2.12. The van der Waals surface area contributed by atoms with Crippen LogP contribution in [0.25, 0.3) is 0 Å². The second kappa shape index (κ2) is 5.26. The van der Waals surface area contributed by atoms with Gasteiger partial charge >= 0.3 is 0 Å². The van der Waals surface area contributed by atoms with Crippen LogP contribution in [0.2, 0.25) is 18.1 Å². The molecule has 14 heavy (non-hydrogen) atoms. The van der Waals surface area contributed by atoms with E-state index in [2.05, 4.69) is 0 Å². The molecule has 1 atom stereocenters. The molecule has 0 heterocycles. The van der Waals surface area contributed by atoms with E-state index in [9.17, 15) is 0 Å². The Hall–Kier alpha value is 0.0969. The van der Waals surface area contributed by atoms with E-state index in [1.165, 1.54) is 0 Å². The van der Waals surface area contributed by atoms with Gasteiger partial charge in [-0.15, -0.1) is 0 Å². The molecule has 1 unspecified atom stereocenters. The third kappa shape index (κ3) is 5.10. The molecule has 0 amide bonds. The van der Waals surface area contributed by atoms with Gasteiger partial charge in [-0.1, -0.05) is 20.8 Å². The molecule has 0 aromatic carbocycles. The summed E-state index contributed by atoms with van der Waals surface area (Å²) >= 11 is 0. The van der Waals surface area contributed by atoms with Gasteiger partial charge in [0.05, 0.1) is 1.37 Å². The van der Waals surface area contributed by atoms with E-state index in [1.54, 1.807) is 0 Å². The molecule has 0 radical (unpaired) electrons. The Morgan fingerprint density at radius 2 is 1.93 bits per heavy atom. The molecule has 0 saturated heterocycles. The molecule has 3 nitrogen and oxygen atoms in total. The number of rotatable bonds is 5. The van der Waals surface area contributed by atoms with E-state index in [4.69, 9.17) is 20.1 Å². The van der Waals surface area contributed by atoms with E-state index in [-0.39, 0.29) is 11.6 Å². The first-order chi connectivity index (χ1) is 7.63. The fourth-order valence-electron chi connectivity index (χ4n) is 0.599. The van der Waals surface area contributed by atoms with Crippen molar-refractivity contribution >= 4 is 8.32 Å². The summed E-state index contributed by atoms with van der Waals surface area (Å²) in [6.07, 6.45) is -7.59. The zero-order chi connectivity index (χ0) is 15.0. The van der Waals surface area contributed by atoms with Gasteiger partial charge in [0.15, 0.2) is 14.6 Å². The van der Waals surface area contributed by atoms with Crippen molar-refractivity contribution in [2.45, 2.75) is 57.9 Å². The zero-order valence-corrected chi connectivity index (χ0v) is 10.6. The monoisotopic (exact) mass is 224 g/mol. The molecule has 86 valence electrons. The van der Waals surface area contributed by atoms with Crippen molar-refractivity contribution < 1.29 is 20.1 Å². The maximum Gasteiger partial charge on any atom is 0.191 e. The van der Waals surface area contributed by atoms with Gasteiger partial charge in [0.2, 0.25) is 0 Å². The van der Waals surface area contributed by atoms with Gasteiger partial charge in [-0.2, -0.15) is 0 Å². The molecule has 0 aliphatic rings. The van der Waals surface area contributed by atoms with Crippen LogP contribution in [-0.2, 0) is 4.43 Å². The Morgan fingerprint density at radius 3 is 2.29 bits per heavy atom. The molecule has 0 aliphatic carbocycles. The number of hydrogen-bond acceptors (Lipinski definition) is 3. The number of hydrogen-bond donors (Lipinski definition) is 2. The molecular formula is C10H24O3Si. The van der Waals surface area contributed by atoms with Gasteiger partial charge < -0.3 is 14.6 Å². The molecule has 0 aromatic rings. The normalized spacial score (nSPS) is 21.9. The Kier molecular flexibility index (Phi) is 3.11. The molecule has 0 spiro atoms. The summed E-state index contributed by atoms with van der Waals surface area (Å²) in [5.74, 6) is 0. The predicted molar refractivity (Wildman–Crippen MR) is 60.6 cm³/mol. The highest BCUT2D eigenvalue weighted by molar-refractivity contribution is 6.74. The quantitative estimate of drug-likeness (QED) is 0.555. The first-order valence-electron chi connectivity index (χ1n) is 6.71. The van der Waals surface area contributed by atoms with Crippen molar-refractivity contribution in [1.82, 2.24) is 0 Å². The topological polar surface area (TPSA) is 49.7 Å². The van der Waals surface area contributed by atoms with Crippen molar-refractivity contribution in [2.24, 2.45) is 0 Å². The lowest BCUT2D eigenvalue weighted by atomic mass is 10.2. The highest BCUT2D eigenvalue weighted by atomic mass is 28.4. The highest BCUT2D eigenvalue weighted by Crippen LogP contribution is 2.36. The van der Waals surface area contributed by atoms with Gasteiger partial charge in [-0.05, 0) is 24.5 Å². The molecule has 2 N–H and O–H groups in total. The van der Waals surface area contributed by atoms with Gasteiger partial charge in [0.25, 0.3) is 0 Å². The summed E-state index contributed by atoms with van der Waals surface area (Å²) < 4.78 is 34.9. The van der Waals surface area contributed by atoms with E-state index in [0.717, 1.165) is 0 Å². The molecule has 0 aliphatic heterocycles. The van der Waals surface area contributed by atoms with Crippen LogP contribution in [-0.4, -0.2) is 31.4 Å². The van der Waals surface area contributed by atoms with Crippen LogP contribution in [0.15, 0.2) is 0 Å². The van der Waals surface area contributed by atoms with E-state index >= 15 is 0 Å². The minimum Gasteiger partial charge on any atom is -0.417 e. The van der Waals surface area contributed by atoms with E-state index in [1.807, 2.05) is 33.9 Å². The van der Waals surface area contributed by atoms with Crippen LogP contribution in [0, 0.1) is 0 Å². The largest absolute Gasteiger partial charge is 0.417 e. The summed E-state index contributed by atoms with van der Waals surface area (Å²) in [6, 6.07) is 0. The predicted octanol–water partition coefficient (Wildman–Crippen LogP) is 2.10. The SMILES string of the molecule is [2H]C(CO[Si](C)(C)C(C)(C)C)C([2H])([2H])C([2H])(O)O.